The number of sulfonamides is 1. The van der Waals surface area contributed by atoms with Gasteiger partial charge in [-0.2, -0.15) is 0 Å². The van der Waals surface area contributed by atoms with Crippen molar-refractivity contribution in [2.24, 2.45) is 0 Å². The molecule has 1 aromatic heterocycles. The van der Waals surface area contributed by atoms with Crippen LogP contribution in [0.1, 0.15) is 17.2 Å². The van der Waals surface area contributed by atoms with Crippen LogP contribution in [0.3, 0.4) is 0 Å². The quantitative estimate of drug-likeness (QED) is 0.165. The number of aliphatic hydroxyl groups is 1. The second-order valence-electron chi connectivity index (χ2n) is 9.39. The van der Waals surface area contributed by atoms with Crippen molar-refractivity contribution in [3.05, 3.63) is 102 Å². The van der Waals surface area contributed by atoms with Gasteiger partial charge in [-0.15, -0.1) is 0 Å². The zero-order valence-corrected chi connectivity index (χ0v) is 22.4. The molecule has 1 atom stereocenters. The molecule has 1 heterocycles. The number of ether oxygens (including phenoxy) is 2. The molecule has 39 heavy (non-hydrogen) atoms. The lowest BCUT2D eigenvalue weighted by Gasteiger charge is -2.16. The van der Waals surface area contributed by atoms with Gasteiger partial charge in [0, 0.05) is 41.5 Å². The minimum absolute atomic E-state index is 0.255. The lowest BCUT2D eigenvalue weighted by molar-refractivity contribution is 0.171. The maximum atomic E-state index is 11.8. The first kappa shape index (κ1) is 26.6. The second-order valence-corrected chi connectivity index (χ2v) is 11.1. The fraction of sp³-hybridized carbons (Fsp3) is 0.200. The third-order valence-electron chi connectivity index (χ3n) is 6.23. The minimum Gasteiger partial charge on any atom is -0.492 e. The summed E-state index contributed by atoms with van der Waals surface area (Å²) in [6.45, 7) is 1.50. The van der Waals surface area contributed by atoms with Crippen LogP contribution in [0.5, 0.6) is 11.5 Å². The molecule has 0 bridgehead atoms. The summed E-state index contributed by atoms with van der Waals surface area (Å²) in [6.07, 6.45) is 0.200. The number of anilines is 1. The highest BCUT2D eigenvalue weighted by Gasteiger charge is 2.13. The number of hydrogen-bond donors (Lipinski definition) is 4. The van der Waals surface area contributed by atoms with Gasteiger partial charge in [0.1, 0.15) is 24.7 Å². The molecule has 5 rings (SSSR count). The molecule has 0 spiro atoms. The highest BCUT2D eigenvalue weighted by Crippen LogP contribution is 2.29. The fourth-order valence-electron chi connectivity index (χ4n) is 4.43. The Labute approximate surface area is 227 Å². The molecule has 5 aromatic rings. The van der Waals surface area contributed by atoms with Crippen LogP contribution in [-0.4, -0.2) is 44.5 Å². The van der Waals surface area contributed by atoms with Crippen molar-refractivity contribution in [1.82, 2.24) is 10.3 Å². The summed E-state index contributed by atoms with van der Waals surface area (Å²) in [7, 11) is -3.50. The normalized spacial score (nSPS) is 12.5. The zero-order chi connectivity index (χ0) is 27.2. The van der Waals surface area contributed by atoms with Crippen molar-refractivity contribution < 1.29 is 23.0 Å². The predicted molar refractivity (Wildman–Crippen MR) is 155 cm³/mol. The van der Waals surface area contributed by atoms with E-state index in [0.717, 1.165) is 34.0 Å². The van der Waals surface area contributed by atoms with Gasteiger partial charge in [-0.3, -0.25) is 4.72 Å². The van der Waals surface area contributed by atoms with Gasteiger partial charge in [0.15, 0.2) is 0 Å². The van der Waals surface area contributed by atoms with Crippen LogP contribution < -0.4 is 19.5 Å². The molecule has 202 valence electrons. The number of aromatic amines is 1. The van der Waals surface area contributed by atoms with E-state index in [4.69, 9.17) is 9.47 Å². The number of rotatable bonds is 12. The monoisotopic (exact) mass is 545 g/mol. The number of hydrogen-bond acceptors (Lipinski definition) is 6. The Balaban J connectivity index is 1.17. The van der Waals surface area contributed by atoms with E-state index in [9.17, 15) is 13.5 Å². The predicted octanol–water partition coefficient (Wildman–Crippen LogP) is 4.97. The number of fused-ring (bicyclic) bond motifs is 3. The summed E-state index contributed by atoms with van der Waals surface area (Å²) in [4.78, 5) is 3.41. The molecule has 0 aliphatic carbocycles. The molecule has 0 radical (unpaired) electrons. The van der Waals surface area contributed by atoms with Gasteiger partial charge in [-0.1, -0.05) is 48.5 Å². The van der Waals surface area contributed by atoms with Gasteiger partial charge in [0.2, 0.25) is 10.0 Å². The lowest BCUT2D eigenvalue weighted by atomic mass is 10.1. The van der Waals surface area contributed by atoms with E-state index in [1.165, 1.54) is 5.39 Å². The standard InChI is InChI=1S/C30H31N3O5S/c1-39(35,36)33-23-15-22(16-25(17-23)38-20-21-7-3-2-4-8-21)30(34)19-31-13-14-37-24-11-12-27-26-9-5-6-10-28(26)32-29(27)18-24/h2-12,15-18,30-34H,13-14,19-20H2,1H3. The lowest BCUT2D eigenvalue weighted by Crippen LogP contribution is -2.26. The van der Waals surface area contributed by atoms with E-state index in [0.29, 0.717) is 36.8 Å². The number of para-hydroxylation sites is 1. The largest absolute Gasteiger partial charge is 0.492 e. The zero-order valence-electron chi connectivity index (χ0n) is 21.6. The van der Waals surface area contributed by atoms with E-state index < -0.39 is 16.1 Å². The first-order valence-electron chi connectivity index (χ1n) is 12.7. The Morgan fingerprint density at radius 1 is 0.846 bits per heavy atom. The van der Waals surface area contributed by atoms with E-state index in [-0.39, 0.29) is 6.54 Å². The second kappa shape index (κ2) is 11.8. The SMILES string of the molecule is CS(=O)(=O)Nc1cc(OCc2ccccc2)cc(C(O)CNCCOc2ccc3c(c2)[nH]c2ccccc23)c1. The highest BCUT2D eigenvalue weighted by atomic mass is 32.2. The van der Waals surface area contributed by atoms with E-state index in [2.05, 4.69) is 33.2 Å². The summed E-state index contributed by atoms with van der Waals surface area (Å²) in [5, 5.41) is 16.3. The van der Waals surface area contributed by atoms with Crippen LogP contribution in [0.4, 0.5) is 5.69 Å². The summed E-state index contributed by atoms with van der Waals surface area (Å²) in [5.41, 5.74) is 3.94. The maximum Gasteiger partial charge on any atom is 0.229 e. The number of nitrogens with one attached hydrogen (secondary N) is 3. The molecule has 9 heteroatoms. The molecular formula is C30H31N3O5S. The maximum absolute atomic E-state index is 11.8. The third kappa shape index (κ3) is 7.08. The summed E-state index contributed by atoms with van der Waals surface area (Å²) < 4.78 is 37.9. The van der Waals surface area contributed by atoms with Crippen molar-refractivity contribution in [2.75, 3.05) is 30.7 Å². The Morgan fingerprint density at radius 2 is 1.62 bits per heavy atom. The van der Waals surface area contributed by atoms with E-state index in [1.807, 2.05) is 54.6 Å². The Morgan fingerprint density at radius 3 is 2.44 bits per heavy atom. The van der Waals surface area contributed by atoms with Crippen LogP contribution in [0.15, 0.2) is 91.0 Å². The average molecular weight is 546 g/mol. The summed E-state index contributed by atoms with van der Waals surface area (Å²) >= 11 is 0. The molecule has 0 saturated heterocycles. The van der Waals surface area contributed by atoms with Gasteiger partial charge >= 0.3 is 0 Å². The first-order chi connectivity index (χ1) is 18.8. The topological polar surface area (TPSA) is 113 Å². The molecule has 4 aromatic carbocycles. The molecule has 4 N–H and O–H groups in total. The van der Waals surface area contributed by atoms with Crippen LogP contribution in [0, 0.1) is 0 Å². The Hall–Kier alpha value is -4.05. The fourth-order valence-corrected chi connectivity index (χ4v) is 4.98. The Kier molecular flexibility index (Phi) is 8.02. The third-order valence-corrected chi connectivity index (χ3v) is 6.83. The molecule has 8 nitrogen and oxygen atoms in total. The van der Waals surface area contributed by atoms with Crippen LogP contribution >= 0.6 is 0 Å². The Bertz CT molecular complexity index is 1670. The van der Waals surface area contributed by atoms with Gasteiger partial charge < -0.3 is 24.9 Å². The molecule has 0 fully saturated rings. The van der Waals surface area contributed by atoms with Crippen molar-refractivity contribution >= 4 is 37.5 Å². The van der Waals surface area contributed by atoms with E-state index in [1.54, 1.807) is 18.2 Å². The van der Waals surface area contributed by atoms with Gasteiger partial charge in [-0.25, -0.2) is 8.42 Å². The van der Waals surface area contributed by atoms with Gasteiger partial charge in [0.05, 0.1) is 23.6 Å². The van der Waals surface area contributed by atoms with Crippen molar-refractivity contribution in [3.8, 4) is 11.5 Å². The minimum atomic E-state index is -3.50. The first-order valence-corrected chi connectivity index (χ1v) is 14.5. The molecule has 0 amide bonds. The van der Waals surface area contributed by atoms with Crippen LogP contribution in [0.2, 0.25) is 0 Å². The highest BCUT2D eigenvalue weighted by molar-refractivity contribution is 7.92. The smallest absolute Gasteiger partial charge is 0.229 e. The van der Waals surface area contributed by atoms with Crippen LogP contribution in [0.25, 0.3) is 21.8 Å². The molecule has 0 aliphatic heterocycles. The van der Waals surface area contributed by atoms with Crippen molar-refractivity contribution in [1.29, 1.82) is 0 Å². The van der Waals surface area contributed by atoms with Crippen LogP contribution in [-0.2, 0) is 16.6 Å². The number of benzene rings is 4. The van der Waals surface area contributed by atoms with E-state index >= 15 is 0 Å². The number of aliphatic hydroxyl groups excluding tert-OH is 1. The van der Waals surface area contributed by atoms with Crippen molar-refractivity contribution in [3.63, 3.8) is 0 Å². The van der Waals surface area contributed by atoms with Gasteiger partial charge in [-0.05, 0) is 41.5 Å². The van der Waals surface area contributed by atoms with Gasteiger partial charge in [0.25, 0.3) is 0 Å². The average Bonchev–Trinajstić information content (AvgIpc) is 3.29. The summed E-state index contributed by atoms with van der Waals surface area (Å²) in [6, 6.07) is 28.7. The molecule has 0 aliphatic rings. The number of H-pyrrole nitrogens is 1. The molecule has 1 unspecified atom stereocenters. The van der Waals surface area contributed by atoms with Crippen molar-refractivity contribution in [2.45, 2.75) is 12.7 Å². The summed E-state index contributed by atoms with van der Waals surface area (Å²) in [5.74, 6) is 1.22. The molecular weight excluding hydrogens is 514 g/mol. The number of aromatic nitrogens is 1. The molecule has 0 saturated carbocycles.